The van der Waals surface area contributed by atoms with E-state index in [2.05, 4.69) is 11.7 Å². The first-order valence-corrected chi connectivity index (χ1v) is 6.10. The van der Waals surface area contributed by atoms with Gasteiger partial charge in [0.15, 0.2) is 6.10 Å². The van der Waals surface area contributed by atoms with Crippen molar-refractivity contribution in [1.29, 1.82) is 0 Å². The zero-order valence-electron chi connectivity index (χ0n) is 10.7. The Bertz CT molecular complexity index is 199. The number of ether oxygens (including phenoxy) is 2. The Morgan fingerprint density at radius 3 is 2.56 bits per heavy atom. The molecule has 0 amide bonds. The summed E-state index contributed by atoms with van der Waals surface area (Å²) in [5, 5.41) is 0. The number of esters is 1. The lowest BCUT2D eigenvalue weighted by atomic mass is 10.1. The molecule has 0 aliphatic rings. The van der Waals surface area contributed by atoms with E-state index in [1.807, 2.05) is 6.08 Å². The van der Waals surface area contributed by atoms with E-state index in [-0.39, 0.29) is 5.97 Å². The Morgan fingerprint density at radius 1 is 1.25 bits per heavy atom. The molecule has 0 aromatic rings. The van der Waals surface area contributed by atoms with Crippen molar-refractivity contribution in [2.45, 2.75) is 58.5 Å². The van der Waals surface area contributed by atoms with Crippen LogP contribution in [-0.4, -0.2) is 19.2 Å². The minimum atomic E-state index is -0.513. The van der Waals surface area contributed by atoms with Crippen molar-refractivity contribution in [2.24, 2.45) is 0 Å². The molecule has 0 spiro atoms. The van der Waals surface area contributed by atoms with Gasteiger partial charge in [0.1, 0.15) is 0 Å². The largest absolute Gasteiger partial charge is 0.487 e. The topological polar surface area (TPSA) is 35.5 Å². The van der Waals surface area contributed by atoms with Crippen molar-refractivity contribution < 1.29 is 14.3 Å². The molecule has 1 atom stereocenters. The van der Waals surface area contributed by atoms with Gasteiger partial charge in [0.25, 0.3) is 0 Å². The third-order valence-corrected chi connectivity index (χ3v) is 2.39. The molecule has 0 radical (unpaired) electrons. The molecule has 0 fully saturated rings. The van der Waals surface area contributed by atoms with E-state index in [4.69, 9.17) is 4.74 Å². The fourth-order valence-corrected chi connectivity index (χ4v) is 1.33. The molecular formula is C13H24O3. The maximum Gasteiger partial charge on any atom is 0.346 e. The molecule has 3 nitrogen and oxygen atoms in total. The zero-order valence-corrected chi connectivity index (χ0v) is 10.7. The van der Waals surface area contributed by atoms with Crippen molar-refractivity contribution in [1.82, 2.24) is 0 Å². The maximum atomic E-state index is 11.0. The summed E-state index contributed by atoms with van der Waals surface area (Å²) >= 11 is 0. The standard InChI is InChI=1S/C13H24O3/c1-4-5-6-7-8-9-10-11-16-12(2)13(14)15-3/h10-12H,4-9H2,1-3H3. The van der Waals surface area contributed by atoms with E-state index < -0.39 is 6.10 Å². The van der Waals surface area contributed by atoms with Crippen molar-refractivity contribution in [3.05, 3.63) is 12.3 Å². The van der Waals surface area contributed by atoms with Gasteiger partial charge in [-0.2, -0.15) is 0 Å². The average Bonchev–Trinajstić information content (AvgIpc) is 2.31. The number of methoxy groups -OCH3 is 1. The molecule has 0 N–H and O–H groups in total. The fraction of sp³-hybridized carbons (Fsp3) is 0.769. The predicted octanol–water partition coefficient (Wildman–Crippen LogP) is 3.44. The predicted molar refractivity (Wildman–Crippen MR) is 65.1 cm³/mol. The van der Waals surface area contributed by atoms with Crippen LogP contribution in [0.3, 0.4) is 0 Å². The Kier molecular flexibility index (Phi) is 9.87. The average molecular weight is 228 g/mol. The number of carbonyl (C=O) groups excluding carboxylic acids is 1. The number of rotatable bonds is 9. The minimum absolute atomic E-state index is 0.340. The van der Waals surface area contributed by atoms with Crippen LogP contribution < -0.4 is 0 Å². The van der Waals surface area contributed by atoms with Crippen LogP contribution >= 0.6 is 0 Å². The molecule has 0 aromatic heterocycles. The second-order valence-corrected chi connectivity index (χ2v) is 3.88. The second-order valence-electron chi connectivity index (χ2n) is 3.88. The molecule has 0 saturated carbocycles. The molecule has 0 saturated heterocycles. The number of allylic oxidation sites excluding steroid dienone is 1. The number of hydrogen-bond acceptors (Lipinski definition) is 3. The van der Waals surface area contributed by atoms with Crippen LogP contribution in [0.2, 0.25) is 0 Å². The molecule has 0 aliphatic heterocycles. The third-order valence-electron chi connectivity index (χ3n) is 2.39. The van der Waals surface area contributed by atoms with E-state index >= 15 is 0 Å². The highest BCUT2D eigenvalue weighted by Crippen LogP contribution is 2.05. The summed E-state index contributed by atoms with van der Waals surface area (Å²) in [5.74, 6) is -0.340. The van der Waals surface area contributed by atoms with Crippen LogP contribution in [0.1, 0.15) is 52.4 Å². The van der Waals surface area contributed by atoms with Crippen LogP contribution in [-0.2, 0) is 14.3 Å². The molecular weight excluding hydrogens is 204 g/mol. The van der Waals surface area contributed by atoms with Gasteiger partial charge in [-0.05, 0) is 25.8 Å². The molecule has 1 unspecified atom stereocenters. The first kappa shape index (κ1) is 15.0. The molecule has 16 heavy (non-hydrogen) atoms. The van der Waals surface area contributed by atoms with Crippen molar-refractivity contribution >= 4 is 5.97 Å². The van der Waals surface area contributed by atoms with Crippen molar-refractivity contribution in [2.75, 3.05) is 7.11 Å². The van der Waals surface area contributed by atoms with Gasteiger partial charge < -0.3 is 9.47 Å². The lowest BCUT2D eigenvalue weighted by Crippen LogP contribution is -2.19. The highest BCUT2D eigenvalue weighted by molar-refractivity contribution is 5.74. The number of unbranched alkanes of at least 4 members (excludes halogenated alkanes) is 5. The summed E-state index contributed by atoms with van der Waals surface area (Å²) in [6.07, 6.45) is 10.4. The van der Waals surface area contributed by atoms with Crippen LogP contribution in [0.15, 0.2) is 12.3 Å². The minimum Gasteiger partial charge on any atom is -0.487 e. The van der Waals surface area contributed by atoms with Gasteiger partial charge in [-0.15, -0.1) is 0 Å². The SMILES string of the molecule is CCCCCCCC=COC(C)C(=O)OC. The first-order valence-electron chi connectivity index (χ1n) is 6.10. The first-order chi connectivity index (χ1) is 7.72. The van der Waals surface area contributed by atoms with Crippen LogP contribution in [0.4, 0.5) is 0 Å². The summed E-state index contributed by atoms with van der Waals surface area (Å²) in [4.78, 5) is 11.0. The third kappa shape index (κ3) is 8.33. The Morgan fingerprint density at radius 2 is 1.94 bits per heavy atom. The molecule has 0 rings (SSSR count). The second kappa shape index (κ2) is 10.5. The summed E-state index contributed by atoms with van der Waals surface area (Å²) in [6.45, 7) is 3.89. The van der Waals surface area contributed by atoms with Crippen LogP contribution in [0, 0.1) is 0 Å². The van der Waals surface area contributed by atoms with Crippen molar-refractivity contribution in [3.63, 3.8) is 0 Å². The molecule has 0 bridgehead atoms. The number of carbonyl (C=O) groups is 1. The summed E-state index contributed by atoms with van der Waals surface area (Å²) in [5.41, 5.74) is 0. The highest BCUT2D eigenvalue weighted by atomic mass is 16.6. The van der Waals surface area contributed by atoms with E-state index in [0.717, 1.165) is 6.42 Å². The number of hydrogen-bond donors (Lipinski definition) is 0. The summed E-state index contributed by atoms with van der Waals surface area (Å²) in [6, 6.07) is 0. The van der Waals surface area contributed by atoms with Gasteiger partial charge >= 0.3 is 5.97 Å². The molecule has 0 heterocycles. The normalized spacial score (nSPS) is 12.7. The van der Waals surface area contributed by atoms with E-state index in [1.165, 1.54) is 39.2 Å². The Labute approximate surface area is 98.8 Å². The Hall–Kier alpha value is -0.990. The quantitative estimate of drug-likeness (QED) is 0.344. The van der Waals surface area contributed by atoms with Gasteiger partial charge in [-0.25, -0.2) is 4.79 Å². The van der Waals surface area contributed by atoms with Crippen molar-refractivity contribution in [3.8, 4) is 0 Å². The van der Waals surface area contributed by atoms with E-state index in [0.29, 0.717) is 0 Å². The lowest BCUT2D eigenvalue weighted by molar-refractivity contribution is -0.149. The smallest absolute Gasteiger partial charge is 0.346 e. The summed E-state index contributed by atoms with van der Waals surface area (Å²) in [7, 11) is 1.36. The van der Waals surface area contributed by atoms with Gasteiger partial charge in [-0.1, -0.05) is 32.6 Å². The zero-order chi connectivity index (χ0) is 12.2. The lowest BCUT2D eigenvalue weighted by Gasteiger charge is -2.07. The van der Waals surface area contributed by atoms with Gasteiger partial charge in [0, 0.05) is 0 Å². The molecule has 0 aromatic carbocycles. The molecule has 0 aliphatic carbocycles. The molecule has 94 valence electrons. The van der Waals surface area contributed by atoms with Crippen LogP contribution in [0.25, 0.3) is 0 Å². The van der Waals surface area contributed by atoms with Gasteiger partial charge in [-0.3, -0.25) is 0 Å². The van der Waals surface area contributed by atoms with Crippen LogP contribution in [0.5, 0.6) is 0 Å². The van der Waals surface area contributed by atoms with E-state index in [9.17, 15) is 4.79 Å². The summed E-state index contributed by atoms with van der Waals surface area (Å²) < 4.78 is 9.70. The highest BCUT2D eigenvalue weighted by Gasteiger charge is 2.11. The molecule has 3 heteroatoms. The van der Waals surface area contributed by atoms with E-state index in [1.54, 1.807) is 13.2 Å². The Balaban J connectivity index is 3.37. The monoisotopic (exact) mass is 228 g/mol. The maximum absolute atomic E-state index is 11.0. The van der Waals surface area contributed by atoms with Gasteiger partial charge in [0.2, 0.25) is 0 Å². The van der Waals surface area contributed by atoms with Gasteiger partial charge in [0.05, 0.1) is 13.4 Å². The fourth-order valence-electron chi connectivity index (χ4n) is 1.33.